The van der Waals surface area contributed by atoms with Crippen molar-refractivity contribution in [3.8, 4) is 5.75 Å². The van der Waals surface area contributed by atoms with E-state index in [1.165, 1.54) is 18.9 Å². The molecule has 1 unspecified atom stereocenters. The number of hydrogen-bond donors (Lipinski definition) is 0. The van der Waals surface area contributed by atoms with Crippen LogP contribution < -0.4 is 4.74 Å². The van der Waals surface area contributed by atoms with Gasteiger partial charge in [-0.25, -0.2) is 0 Å². The number of ether oxygens (including phenoxy) is 1. The molecule has 3 aliphatic heterocycles. The van der Waals surface area contributed by atoms with E-state index in [4.69, 9.17) is 4.52 Å². The summed E-state index contributed by atoms with van der Waals surface area (Å²) < 4.78 is 34.9. The molecule has 3 aliphatic rings. The van der Waals surface area contributed by atoms with Gasteiger partial charge in [-0.2, -0.15) is 13.8 Å². The normalized spacial score (nSPS) is 26.0. The molecule has 1 aromatic carbocycles. The summed E-state index contributed by atoms with van der Waals surface area (Å²) in [6.07, 6.45) is 2.65. The van der Waals surface area contributed by atoms with Crippen molar-refractivity contribution in [1.29, 1.82) is 0 Å². The molecule has 0 amide bonds. The van der Waals surface area contributed by atoms with Crippen LogP contribution in [0.3, 0.4) is 0 Å². The van der Waals surface area contributed by atoms with Gasteiger partial charge in [-0.05, 0) is 37.9 Å². The van der Waals surface area contributed by atoms with Crippen LogP contribution in [-0.2, 0) is 6.42 Å². The molecule has 128 valence electrons. The molecule has 2 bridgehead atoms. The predicted molar refractivity (Wildman–Crippen MR) is 82.1 cm³/mol. The number of aromatic nitrogens is 2. The molecular formula is C17H19F2N3O2. The maximum Gasteiger partial charge on any atom is 0.387 e. The Labute approximate surface area is 138 Å². The molecular weight excluding hydrogens is 316 g/mol. The summed E-state index contributed by atoms with van der Waals surface area (Å²) in [5.74, 6) is 2.26. The van der Waals surface area contributed by atoms with Gasteiger partial charge in [0.25, 0.3) is 0 Å². The summed E-state index contributed by atoms with van der Waals surface area (Å²) in [5, 5.41) is 4.14. The number of piperidine rings is 3. The molecule has 3 fully saturated rings. The first-order valence-electron chi connectivity index (χ1n) is 8.26. The summed E-state index contributed by atoms with van der Waals surface area (Å²) in [5.41, 5.74) is 0.613. The van der Waals surface area contributed by atoms with Gasteiger partial charge in [0, 0.05) is 18.0 Å². The van der Waals surface area contributed by atoms with Crippen molar-refractivity contribution in [2.75, 3.05) is 19.6 Å². The van der Waals surface area contributed by atoms with E-state index in [-0.39, 0.29) is 12.2 Å². The van der Waals surface area contributed by atoms with Crippen molar-refractivity contribution in [3.05, 3.63) is 41.5 Å². The zero-order chi connectivity index (χ0) is 16.5. The van der Waals surface area contributed by atoms with Gasteiger partial charge >= 0.3 is 6.61 Å². The number of fused-ring (bicyclic) bond motifs is 3. The Bertz CT molecular complexity index is 699. The van der Waals surface area contributed by atoms with Crippen LogP contribution in [0, 0.1) is 5.92 Å². The van der Waals surface area contributed by atoms with E-state index in [0.29, 0.717) is 23.3 Å². The first-order chi connectivity index (χ1) is 11.7. The van der Waals surface area contributed by atoms with Crippen LogP contribution in [-0.4, -0.2) is 41.3 Å². The van der Waals surface area contributed by atoms with Gasteiger partial charge in [0.1, 0.15) is 5.75 Å². The van der Waals surface area contributed by atoms with E-state index < -0.39 is 6.61 Å². The van der Waals surface area contributed by atoms with Crippen LogP contribution in [0.1, 0.15) is 36.0 Å². The Morgan fingerprint density at radius 1 is 1.25 bits per heavy atom. The molecule has 0 N–H and O–H groups in total. The van der Waals surface area contributed by atoms with Crippen LogP contribution in [0.25, 0.3) is 0 Å². The van der Waals surface area contributed by atoms with Crippen molar-refractivity contribution >= 4 is 0 Å². The fourth-order valence-corrected chi connectivity index (χ4v) is 3.77. The first kappa shape index (κ1) is 15.5. The monoisotopic (exact) mass is 335 g/mol. The Kier molecular flexibility index (Phi) is 4.18. The number of benzene rings is 1. The second-order valence-corrected chi connectivity index (χ2v) is 6.45. The Balaban J connectivity index is 1.50. The molecule has 4 heterocycles. The second kappa shape index (κ2) is 6.47. The first-order valence-corrected chi connectivity index (χ1v) is 8.26. The molecule has 1 atom stereocenters. The highest BCUT2D eigenvalue weighted by Crippen LogP contribution is 2.37. The molecule has 24 heavy (non-hydrogen) atoms. The molecule has 1 aromatic heterocycles. The van der Waals surface area contributed by atoms with Crippen molar-refractivity contribution in [2.24, 2.45) is 5.92 Å². The lowest BCUT2D eigenvalue weighted by Gasteiger charge is -2.43. The maximum atomic E-state index is 12.5. The van der Waals surface area contributed by atoms with Crippen LogP contribution in [0.5, 0.6) is 5.75 Å². The highest BCUT2D eigenvalue weighted by Gasteiger charge is 2.37. The van der Waals surface area contributed by atoms with Gasteiger partial charge in [0.2, 0.25) is 5.89 Å². The molecule has 2 aromatic rings. The van der Waals surface area contributed by atoms with E-state index in [2.05, 4.69) is 19.8 Å². The SMILES string of the molecule is FC(F)Oc1ccccc1Cc1nc(C2CN3CCC2CC3)no1. The number of rotatable bonds is 5. The number of para-hydroxylation sites is 1. The van der Waals surface area contributed by atoms with E-state index in [1.807, 2.05) is 0 Å². The lowest BCUT2D eigenvalue weighted by molar-refractivity contribution is -0.0504. The number of nitrogens with zero attached hydrogens (tertiary/aromatic N) is 3. The minimum absolute atomic E-state index is 0.148. The molecule has 3 saturated heterocycles. The Morgan fingerprint density at radius 2 is 2.04 bits per heavy atom. The smallest absolute Gasteiger partial charge is 0.387 e. The molecule has 5 nitrogen and oxygen atoms in total. The lowest BCUT2D eigenvalue weighted by atomic mass is 9.79. The molecule has 0 spiro atoms. The average Bonchev–Trinajstić information content (AvgIpc) is 3.06. The Hall–Kier alpha value is -2.02. The molecule has 7 heteroatoms. The summed E-state index contributed by atoms with van der Waals surface area (Å²) in [6, 6.07) is 6.69. The summed E-state index contributed by atoms with van der Waals surface area (Å²) in [4.78, 5) is 6.96. The maximum absolute atomic E-state index is 12.5. The third-order valence-electron chi connectivity index (χ3n) is 5.00. The molecule has 0 saturated carbocycles. The van der Waals surface area contributed by atoms with E-state index in [1.54, 1.807) is 18.2 Å². The minimum atomic E-state index is -2.85. The zero-order valence-corrected chi connectivity index (χ0v) is 13.2. The van der Waals surface area contributed by atoms with E-state index in [9.17, 15) is 8.78 Å². The third kappa shape index (κ3) is 3.13. The highest BCUT2D eigenvalue weighted by molar-refractivity contribution is 5.35. The van der Waals surface area contributed by atoms with Gasteiger partial charge in [-0.1, -0.05) is 23.4 Å². The fourth-order valence-electron chi connectivity index (χ4n) is 3.77. The second-order valence-electron chi connectivity index (χ2n) is 6.45. The van der Waals surface area contributed by atoms with Crippen molar-refractivity contribution in [2.45, 2.75) is 31.8 Å². The van der Waals surface area contributed by atoms with Crippen molar-refractivity contribution < 1.29 is 18.0 Å². The topological polar surface area (TPSA) is 51.4 Å². The zero-order valence-electron chi connectivity index (χ0n) is 13.2. The number of alkyl halides is 2. The van der Waals surface area contributed by atoms with E-state index >= 15 is 0 Å². The predicted octanol–water partition coefficient (Wildman–Crippen LogP) is 3.07. The minimum Gasteiger partial charge on any atom is -0.435 e. The van der Waals surface area contributed by atoms with Gasteiger partial charge in [0.15, 0.2) is 5.82 Å². The largest absolute Gasteiger partial charge is 0.435 e. The number of hydrogen-bond acceptors (Lipinski definition) is 5. The van der Waals surface area contributed by atoms with Crippen molar-refractivity contribution in [3.63, 3.8) is 0 Å². The Morgan fingerprint density at radius 3 is 2.75 bits per heavy atom. The van der Waals surface area contributed by atoms with Gasteiger partial charge in [-0.15, -0.1) is 0 Å². The average molecular weight is 335 g/mol. The van der Waals surface area contributed by atoms with Crippen LogP contribution >= 0.6 is 0 Å². The van der Waals surface area contributed by atoms with E-state index in [0.717, 1.165) is 25.5 Å². The fraction of sp³-hybridized carbons (Fsp3) is 0.529. The summed E-state index contributed by atoms with van der Waals surface area (Å²) in [6.45, 7) is 0.444. The van der Waals surface area contributed by atoms with Gasteiger partial charge in [-0.3, -0.25) is 0 Å². The molecule has 5 rings (SSSR count). The summed E-state index contributed by atoms with van der Waals surface area (Å²) >= 11 is 0. The summed E-state index contributed by atoms with van der Waals surface area (Å²) in [7, 11) is 0. The van der Waals surface area contributed by atoms with Crippen LogP contribution in [0.15, 0.2) is 28.8 Å². The standard InChI is InChI=1S/C17H19F2N3O2/c18-17(19)23-14-4-2-1-3-12(14)9-15-20-16(21-24-15)13-10-22-7-5-11(13)6-8-22/h1-4,11,13,17H,5-10H2. The number of halogens is 2. The van der Waals surface area contributed by atoms with Crippen LogP contribution in [0.4, 0.5) is 8.78 Å². The highest BCUT2D eigenvalue weighted by atomic mass is 19.3. The van der Waals surface area contributed by atoms with Gasteiger partial charge in [0.05, 0.1) is 6.42 Å². The molecule has 0 aliphatic carbocycles. The lowest BCUT2D eigenvalue weighted by Crippen LogP contribution is -2.46. The van der Waals surface area contributed by atoms with Crippen molar-refractivity contribution in [1.82, 2.24) is 15.0 Å². The van der Waals surface area contributed by atoms with Crippen LogP contribution in [0.2, 0.25) is 0 Å². The van der Waals surface area contributed by atoms with Gasteiger partial charge < -0.3 is 14.2 Å². The quantitative estimate of drug-likeness (QED) is 0.840. The molecule has 0 radical (unpaired) electrons. The third-order valence-corrected chi connectivity index (χ3v) is 5.00.